The number of rotatable bonds is 6. The van der Waals surface area contributed by atoms with Crippen molar-refractivity contribution in [1.29, 1.82) is 0 Å². The van der Waals surface area contributed by atoms with Gasteiger partial charge in [-0.15, -0.1) is 5.10 Å². The van der Waals surface area contributed by atoms with E-state index in [0.29, 0.717) is 17.6 Å². The fraction of sp³-hybridized carbons (Fsp3) is 0.636. The number of fused-ring (bicyclic) bond motifs is 1. The molecule has 0 saturated carbocycles. The van der Waals surface area contributed by atoms with Crippen molar-refractivity contribution in [3.05, 3.63) is 16.6 Å². The van der Waals surface area contributed by atoms with E-state index in [4.69, 9.17) is 0 Å². The Balaban J connectivity index is 2.05. The van der Waals surface area contributed by atoms with Crippen LogP contribution in [-0.4, -0.2) is 37.9 Å². The Morgan fingerprint density at radius 1 is 1.39 bits per heavy atom. The van der Waals surface area contributed by atoms with Crippen LogP contribution in [0.1, 0.15) is 19.8 Å². The molecule has 7 nitrogen and oxygen atoms in total. The number of unbranched alkanes of at least 4 members (excludes halogenated alkanes) is 1. The van der Waals surface area contributed by atoms with Gasteiger partial charge in [-0.1, -0.05) is 18.6 Å². The smallest absolute Gasteiger partial charge is 0.280 e. The van der Waals surface area contributed by atoms with Crippen LogP contribution in [-0.2, 0) is 13.6 Å². The molecule has 7 heteroatoms. The van der Waals surface area contributed by atoms with Crippen LogP contribution >= 0.6 is 0 Å². The lowest BCUT2D eigenvalue weighted by Gasteiger charge is -2.05. The molecule has 0 unspecified atom stereocenters. The normalized spacial score (nSPS) is 11.2. The molecule has 0 aliphatic rings. The molecule has 2 aromatic rings. The molecular formula is C11H18N6O. The summed E-state index contributed by atoms with van der Waals surface area (Å²) in [4.78, 5) is 12.0. The lowest BCUT2D eigenvalue weighted by Crippen LogP contribution is -2.30. The molecule has 2 heterocycles. The van der Waals surface area contributed by atoms with E-state index in [1.807, 2.05) is 0 Å². The van der Waals surface area contributed by atoms with E-state index < -0.39 is 0 Å². The van der Waals surface area contributed by atoms with Crippen molar-refractivity contribution in [3.63, 3.8) is 0 Å². The third kappa shape index (κ3) is 2.56. The SMILES string of the molecule is CCCCNCCn1nnc2c(cnn2C)c1=O. The Bertz CT molecular complexity index is 572. The van der Waals surface area contributed by atoms with Crippen molar-refractivity contribution < 1.29 is 0 Å². The van der Waals surface area contributed by atoms with Gasteiger partial charge >= 0.3 is 0 Å². The first-order valence-electron chi connectivity index (χ1n) is 6.20. The molecule has 0 amide bonds. The highest BCUT2D eigenvalue weighted by atomic mass is 16.1. The zero-order valence-corrected chi connectivity index (χ0v) is 10.8. The lowest BCUT2D eigenvalue weighted by atomic mass is 10.3. The first-order chi connectivity index (χ1) is 8.74. The van der Waals surface area contributed by atoms with E-state index in [0.717, 1.165) is 25.9 Å². The molecule has 0 aliphatic heterocycles. The molecule has 0 spiro atoms. The van der Waals surface area contributed by atoms with E-state index >= 15 is 0 Å². The highest BCUT2D eigenvalue weighted by Crippen LogP contribution is 2.01. The quantitative estimate of drug-likeness (QED) is 0.725. The van der Waals surface area contributed by atoms with Gasteiger partial charge in [-0.05, 0) is 13.0 Å². The summed E-state index contributed by atoms with van der Waals surface area (Å²) in [5, 5.41) is 15.7. The minimum Gasteiger partial charge on any atom is -0.315 e. The molecule has 18 heavy (non-hydrogen) atoms. The van der Waals surface area contributed by atoms with Crippen molar-refractivity contribution >= 4 is 11.0 Å². The maximum Gasteiger partial charge on any atom is 0.280 e. The molecule has 0 saturated heterocycles. The molecule has 0 atom stereocenters. The molecule has 98 valence electrons. The van der Waals surface area contributed by atoms with E-state index in [1.165, 1.54) is 10.9 Å². The molecule has 0 fully saturated rings. The van der Waals surface area contributed by atoms with Crippen LogP contribution in [0.4, 0.5) is 0 Å². The van der Waals surface area contributed by atoms with Gasteiger partial charge in [-0.3, -0.25) is 4.79 Å². The highest BCUT2D eigenvalue weighted by molar-refractivity contribution is 5.72. The summed E-state index contributed by atoms with van der Waals surface area (Å²) >= 11 is 0. The van der Waals surface area contributed by atoms with Gasteiger partial charge in [0.1, 0.15) is 5.39 Å². The number of hydrogen-bond donors (Lipinski definition) is 1. The first-order valence-corrected chi connectivity index (χ1v) is 6.20. The first kappa shape index (κ1) is 12.7. The van der Waals surface area contributed by atoms with E-state index in [-0.39, 0.29) is 5.56 Å². The van der Waals surface area contributed by atoms with Crippen molar-refractivity contribution in [3.8, 4) is 0 Å². The number of nitrogens with zero attached hydrogens (tertiary/aromatic N) is 5. The molecule has 1 N–H and O–H groups in total. The monoisotopic (exact) mass is 250 g/mol. The number of hydrogen-bond acceptors (Lipinski definition) is 5. The second-order valence-corrected chi connectivity index (χ2v) is 4.23. The molecular weight excluding hydrogens is 232 g/mol. The Labute approximate surface area is 105 Å². The maximum absolute atomic E-state index is 12.0. The fourth-order valence-electron chi connectivity index (χ4n) is 1.73. The third-order valence-corrected chi connectivity index (χ3v) is 2.83. The highest BCUT2D eigenvalue weighted by Gasteiger charge is 2.08. The van der Waals surface area contributed by atoms with Crippen LogP contribution < -0.4 is 10.9 Å². The standard InChI is InChI=1S/C11H18N6O/c1-3-4-5-12-6-7-17-11(18)9-8-13-16(2)10(9)14-15-17/h8,12H,3-7H2,1-2H3. The van der Waals surface area contributed by atoms with Gasteiger partial charge in [-0.25, -0.2) is 9.36 Å². The van der Waals surface area contributed by atoms with E-state index in [9.17, 15) is 4.79 Å². The summed E-state index contributed by atoms with van der Waals surface area (Å²) < 4.78 is 2.93. The topological polar surface area (TPSA) is 77.6 Å². The summed E-state index contributed by atoms with van der Waals surface area (Å²) in [7, 11) is 1.74. The molecule has 2 rings (SSSR count). The third-order valence-electron chi connectivity index (χ3n) is 2.83. The maximum atomic E-state index is 12.0. The average molecular weight is 250 g/mol. The Morgan fingerprint density at radius 2 is 2.22 bits per heavy atom. The van der Waals surface area contributed by atoms with E-state index in [2.05, 4.69) is 27.7 Å². The Kier molecular flexibility index (Phi) is 4.03. The summed E-state index contributed by atoms with van der Waals surface area (Å²) in [6.07, 6.45) is 3.84. The summed E-state index contributed by atoms with van der Waals surface area (Å²) in [6.45, 7) is 4.36. The van der Waals surface area contributed by atoms with E-state index in [1.54, 1.807) is 11.7 Å². The van der Waals surface area contributed by atoms with Gasteiger partial charge in [0.05, 0.1) is 12.7 Å². The Morgan fingerprint density at radius 3 is 3.00 bits per heavy atom. The number of aromatic nitrogens is 5. The van der Waals surface area contributed by atoms with Crippen LogP contribution in [0, 0.1) is 0 Å². The van der Waals surface area contributed by atoms with Crippen LogP contribution in [0.2, 0.25) is 0 Å². The second kappa shape index (κ2) is 5.72. The van der Waals surface area contributed by atoms with Crippen LogP contribution in [0.3, 0.4) is 0 Å². The van der Waals surface area contributed by atoms with Gasteiger partial charge in [0, 0.05) is 13.6 Å². The summed E-state index contributed by atoms with van der Waals surface area (Å²) in [6, 6.07) is 0. The minimum absolute atomic E-state index is 0.134. The lowest BCUT2D eigenvalue weighted by molar-refractivity contribution is 0.507. The second-order valence-electron chi connectivity index (χ2n) is 4.23. The van der Waals surface area contributed by atoms with Gasteiger partial charge < -0.3 is 5.32 Å². The Hall–Kier alpha value is -1.76. The number of nitrogens with one attached hydrogen (secondary N) is 1. The predicted molar refractivity (Wildman–Crippen MR) is 68.3 cm³/mol. The minimum atomic E-state index is -0.134. The van der Waals surface area contributed by atoms with Crippen molar-refractivity contribution in [2.45, 2.75) is 26.3 Å². The molecule has 0 radical (unpaired) electrons. The largest absolute Gasteiger partial charge is 0.315 e. The zero-order valence-electron chi connectivity index (χ0n) is 10.8. The van der Waals surface area contributed by atoms with Crippen molar-refractivity contribution in [2.75, 3.05) is 13.1 Å². The molecule has 0 aliphatic carbocycles. The predicted octanol–water partition coefficient (Wildman–Crippen LogP) is -0.0853. The molecule has 0 bridgehead atoms. The van der Waals surface area contributed by atoms with Gasteiger partial charge in [0.15, 0.2) is 5.65 Å². The fourth-order valence-corrected chi connectivity index (χ4v) is 1.73. The molecule has 2 aromatic heterocycles. The zero-order chi connectivity index (χ0) is 13.0. The van der Waals surface area contributed by atoms with Gasteiger partial charge in [0.25, 0.3) is 5.56 Å². The molecule has 0 aromatic carbocycles. The van der Waals surface area contributed by atoms with Crippen molar-refractivity contribution in [2.24, 2.45) is 7.05 Å². The summed E-state index contributed by atoms with van der Waals surface area (Å²) in [5.41, 5.74) is 0.389. The van der Waals surface area contributed by atoms with Crippen LogP contribution in [0.25, 0.3) is 11.0 Å². The number of aryl methyl sites for hydroxylation is 1. The van der Waals surface area contributed by atoms with Gasteiger partial charge in [-0.2, -0.15) is 5.10 Å². The average Bonchev–Trinajstić information content (AvgIpc) is 2.74. The van der Waals surface area contributed by atoms with Crippen LogP contribution in [0.5, 0.6) is 0 Å². The van der Waals surface area contributed by atoms with Crippen LogP contribution in [0.15, 0.2) is 11.0 Å². The van der Waals surface area contributed by atoms with Gasteiger partial charge in [0.2, 0.25) is 0 Å². The van der Waals surface area contributed by atoms with Crippen molar-refractivity contribution in [1.82, 2.24) is 30.1 Å². The summed E-state index contributed by atoms with van der Waals surface area (Å²) in [5.74, 6) is 0.